The normalized spacial score (nSPS) is 34.7. The van der Waals surface area contributed by atoms with Gasteiger partial charge in [-0.15, -0.1) is 89.3 Å². The third-order valence-electron chi connectivity index (χ3n) is 10.7. The van der Waals surface area contributed by atoms with Crippen molar-refractivity contribution in [2.24, 2.45) is 22.7 Å². The Morgan fingerprint density at radius 2 is 1.40 bits per heavy atom. The maximum absolute atomic E-state index is 16.0. The van der Waals surface area contributed by atoms with Crippen LogP contribution in [0.2, 0.25) is 0 Å². The number of carbonyl (C=O) groups excluding carboxylic acids is 3. The summed E-state index contributed by atoms with van der Waals surface area (Å²) in [5.74, 6) is -2.13. The largest absolute Gasteiger partial charge is 0.454 e. The molecular weight excluding hydrogens is 1110 g/mol. The number of ketones is 1. The molecule has 1 saturated heterocycles. The van der Waals surface area contributed by atoms with Gasteiger partial charge in [0.25, 0.3) is 0 Å². The minimum atomic E-state index is -1.30. The smallest absolute Gasteiger partial charge is 0.303 e. The molecule has 3 aliphatic carbocycles. The highest BCUT2D eigenvalue weighted by molar-refractivity contribution is 9.19. The second-order valence-corrected chi connectivity index (χ2v) is 87.8. The number of rotatable bonds is 15. The molecule has 31 heteroatoms. The zero-order valence-corrected chi connectivity index (χ0v) is 54.2. The fraction of sp³-hybridized carbons (Fsp3) is 0.792. The Kier molecular flexibility index (Phi) is 23.4. The Balaban J connectivity index is 2.08. The van der Waals surface area contributed by atoms with E-state index in [9.17, 15) is 9.59 Å². The molecule has 24 atom stereocenters. The first-order valence-corrected chi connectivity index (χ1v) is 53.9. The molecule has 0 aromatic heterocycles. The summed E-state index contributed by atoms with van der Waals surface area (Å²) in [5.41, 5.74) is -1.39. The maximum Gasteiger partial charge on any atom is 0.303 e. The van der Waals surface area contributed by atoms with E-state index in [2.05, 4.69) is 128 Å². The summed E-state index contributed by atoms with van der Waals surface area (Å²) < 4.78 is 40.8. The first-order valence-electron chi connectivity index (χ1n) is 16.5. The number of hydrogen-bond donors (Lipinski definition) is 0. The predicted molar refractivity (Wildman–Crippen MR) is 297 cm³/mol. The van der Waals surface area contributed by atoms with Crippen LogP contribution in [0.1, 0.15) is 54.4 Å². The van der Waals surface area contributed by atoms with Gasteiger partial charge >= 0.3 is 11.9 Å². The molecule has 3 fully saturated rings. The van der Waals surface area contributed by atoms with Gasteiger partial charge in [0.15, 0.2) is 17.5 Å². The molecule has 0 aromatic carbocycles. The van der Waals surface area contributed by atoms with Crippen LogP contribution in [0, 0.1) is 22.7 Å². The van der Waals surface area contributed by atoms with Crippen LogP contribution in [0.5, 0.6) is 0 Å². The maximum atomic E-state index is 16.0. The Morgan fingerprint density at radius 1 is 0.818 bits per heavy atom. The van der Waals surface area contributed by atoms with Crippen LogP contribution in [0.3, 0.4) is 0 Å². The van der Waals surface area contributed by atoms with Crippen molar-refractivity contribution < 1.29 is 42.2 Å². The van der Waals surface area contributed by atoms with Crippen LogP contribution in [0.25, 0.3) is 0 Å². The molecule has 0 spiro atoms. The van der Waals surface area contributed by atoms with Crippen LogP contribution in [-0.4, -0.2) is 60.4 Å². The fourth-order valence-corrected chi connectivity index (χ4v) is 138. The lowest BCUT2D eigenvalue weighted by Crippen LogP contribution is -2.79. The van der Waals surface area contributed by atoms with Gasteiger partial charge in [0, 0.05) is 48.7 Å². The van der Waals surface area contributed by atoms with Crippen molar-refractivity contribution in [2.45, 2.75) is 90.5 Å². The summed E-state index contributed by atoms with van der Waals surface area (Å²) in [5, 5.41) is 0. The van der Waals surface area contributed by atoms with Gasteiger partial charge in [-0.3, -0.25) is 14.4 Å². The van der Waals surface area contributed by atoms with Crippen LogP contribution in [0.15, 0.2) is 11.1 Å². The third-order valence-corrected chi connectivity index (χ3v) is 105. The fourth-order valence-electron chi connectivity index (χ4n) is 8.54. The topological polar surface area (TPSA) is 107 Å². The summed E-state index contributed by atoms with van der Waals surface area (Å²) in [6.07, 6.45) is -2.27. The number of Topliss-reactive ketones (excluding diaryl/α,β-unsaturated/α-hetero) is 1. The number of carbonyl (C=O) groups is 3. The number of hydrogen-bond acceptors (Lipinski definition) is 9. The summed E-state index contributed by atoms with van der Waals surface area (Å²) >= 11 is 0. The van der Waals surface area contributed by atoms with Crippen molar-refractivity contribution in [3.63, 3.8) is 0 Å². The molecule has 0 radical (unpaired) electrons. The lowest BCUT2D eigenvalue weighted by Gasteiger charge is -2.67. The van der Waals surface area contributed by atoms with Crippen molar-refractivity contribution >= 4 is 197 Å². The monoisotopic (exact) mass is 1170 g/mol. The van der Waals surface area contributed by atoms with Crippen molar-refractivity contribution in [3.8, 4) is 0 Å². The Bertz CT molecular complexity index is 1440. The predicted octanol–water partition coefficient (Wildman–Crippen LogP) is 14.4. The van der Waals surface area contributed by atoms with Gasteiger partial charge in [0.2, 0.25) is 0 Å². The average molecular weight is 1170 g/mol. The van der Waals surface area contributed by atoms with Gasteiger partial charge in [0.05, 0.1) is 45.4 Å². The van der Waals surface area contributed by atoms with Crippen LogP contribution in [-0.2, 0) is 42.2 Å². The van der Waals surface area contributed by atoms with E-state index >= 15 is 4.79 Å². The Hall–Kier alpha value is 7.65. The van der Waals surface area contributed by atoms with Crippen LogP contribution >= 0.6 is 180 Å². The molecule has 316 valence electrons. The molecule has 55 heavy (non-hydrogen) atoms. The molecule has 0 N–H and O–H groups in total. The van der Waals surface area contributed by atoms with Gasteiger partial charge in [-0.25, -0.2) is 0 Å². The summed E-state index contributed by atoms with van der Waals surface area (Å²) in [6.45, 7) is 7.50. The van der Waals surface area contributed by atoms with Gasteiger partial charge in [0.1, 0.15) is 6.10 Å². The Labute approximate surface area is 367 Å². The van der Waals surface area contributed by atoms with Gasteiger partial charge in [-0.05, 0) is 77.7 Å². The molecule has 0 aromatic rings. The lowest BCUT2D eigenvalue weighted by atomic mass is 9.46. The average Bonchev–Trinajstić information content (AvgIpc) is 3.04. The highest BCUT2D eigenvalue weighted by Gasteiger charge is 2.75. The highest BCUT2D eigenvalue weighted by atomic mass is 33.2. The summed E-state index contributed by atoms with van der Waals surface area (Å²) in [7, 11) is 34.1. The molecule has 16 unspecified atom stereocenters. The zero-order valence-electron chi connectivity index (χ0n) is 31.3. The highest BCUT2D eigenvalue weighted by Crippen LogP contribution is 3.17. The minimum absolute atomic E-state index is 0.00601. The molecule has 1 heterocycles. The van der Waals surface area contributed by atoms with E-state index in [0.29, 0.717) is 12.8 Å². The molecule has 2 saturated carbocycles. The third kappa shape index (κ3) is 11.9. The molecule has 1 aliphatic heterocycles. The molecule has 0 amide bonds. The molecular formula is C24H56O9P22. The second-order valence-electron chi connectivity index (χ2n) is 14.2. The zero-order chi connectivity index (χ0) is 41.7. The first kappa shape index (κ1) is 55.2. The quantitative estimate of drug-likeness (QED) is 0.0900. The molecule has 9 nitrogen and oxygen atoms in total. The van der Waals surface area contributed by atoms with E-state index in [1.165, 1.54) is 13.8 Å². The summed E-state index contributed by atoms with van der Waals surface area (Å²) in [6, 6.07) is 0. The SMILES string of the molecule is CC(=O)O[C@H]1C(=O)[C@]2(C)[C@@H](OP(P(P)P)P(P)P)C[C@H]3OC[C@@]3(OC(C)=O)[C@H]2[C@H](OPP)C2C[C@H](OP(P(P)P(P)P)P(P(P)P)P(P)P)C(C)=C1C2(C)C. The van der Waals surface area contributed by atoms with E-state index in [1.54, 1.807) is 0 Å². The van der Waals surface area contributed by atoms with Crippen molar-refractivity contribution in [1.29, 1.82) is 0 Å². The van der Waals surface area contributed by atoms with E-state index in [0.717, 1.165) is 11.1 Å². The van der Waals surface area contributed by atoms with Crippen LogP contribution < -0.4 is 0 Å². The van der Waals surface area contributed by atoms with Crippen molar-refractivity contribution in [3.05, 3.63) is 11.1 Å². The molecule has 4 rings (SSSR count). The van der Waals surface area contributed by atoms with Crippen LogP contribution in [0.4, 0.5) is 0 Å². The first-order chi connectivity index (χ1) is 25.4. The van der Waals surface area contributed by atoms with Gasteiger partial charge in [-0.2, -0.15) is 0 Å². The van der Waals surface area contributed by atoms with E-state index in [4.69, 9.17) is 27.8 Å². The van der Waals surface area contributed by atoms with Gasteiger partial charge < -0.3 is 27.8 Å². The van der Waals surface area contributed by atoms with E-state index < -0.39 is 123 Å². The standard InChI is InChI=1S/C24H56O9P22/c1-10-14(32-48(54(45)51(39)40)55(52(41)42)53(43)44)7-13-18(31-46-34)20-23(6,21(27)19(29-11(2)25)17(10)22(13,4)5)15(33-47(49(35)36)50(37)38)8-16-24(20,9-28-16)30-12(3)26/h13-16,18-20,46H,7-9,34-45H2,1-6H3/t13?,14-,15-,16+,18+,19+,20-,23+,24-,48?,54?/m0/s1. The minimum Gasteiger partial charge on any atom is -0.454 e. The van der Waals surface area contributed by atoms with Crippen molar-refractivity contribution in [2.75, 3.05) is 6.61 Å². The number of ether oxygens (including phenoxy) is 3. The number of esters is 2. The number of fused-ring (bicyclic) bond motifs is 5. The summed E-state index contributed by atoms with van der Waals surface area (Å²) in [4.78, 5) is 42.4. The van der Waals surface area contributed by atoms with Crippen molar-refractivity contribution in [1.82, 2.24) is 0 Å². The second kappa shape index (κ2) is 23.3. The van der Waals surface area contributed by atoms with E-state index in [1.807, 2.05) is 6.92 Å². The molecule has 2 bridgehead atoms. The lowest BCUT2D eigenvalue weighted by molar-refractivity contribution is -0.331. The Morgan fingerprint density at radius 3 is 1.84 bits per heavy atom. The molecule has 4 aliphatic rings. The van der Waals surface area contributed by atoms with E-state index in [-0.39, 0.29) is 32.9 Å². The van der Waals surface area contributed by atoms with Gasteiger partial charge in [-0.1, -0.05) is 31.7 Å².